The van der Waals surface area contributed by atoms with E-state index < -0.39 is 5.92 Å². The molecule has 0 aliphatic carbocycles. The van der Waals surface area contributed by atoms with E-state index in [0.717, 1.165) is 13.0 Å². The summed E-state index contributed by atoms with van der Waals surface area (Å²) in [5.74, 6) is -0.736. The molecule has 0 saturated heterocycles. The highest BCUT2D eigenvalue weighted by atomic mass is 16.4. The molecule has 94 valence electrons. The van der Waals surface area contributed by atoms with Gasteiger partial charge in [0.15, 0.2) is 5.84 Å². The lowest BCUT2D eigenvalue weighted by atomic mass is 10.0. The third kappa shape index (κ3) is 5.55. The zero-order valence-corrected chi connectivity index (χ0v) is 10.2. The van der Waals surface area contributed by atoms with Gasteiger partial charge < -0.3 is 21.2 Å². The number of nitrogens with zero attached hydrogens (tertiary/aromatic N) is 2. The lowest BCUT2D eigenvalue weighted by Gasteiger charge is -2.16. The van der Waals surface area contributed by atoms with Crippen LogP contribution in [0.25, 0.3) is 0 Å². The summed E-state index contributed by atoms with van der Waals surface area (Å²) < 4.78 is 0. The smallest absolute Gasteiger partial charge is 0.230 e. The molecule has 1 atom stereocenters. The summed E-state index contributed by atoms with van der Waals surface area (Å²) in [6.45, 7) is 3.27. The lowest BCUT2D eigenvalue weighted by molar-refractivity contribution is -0.123. The monoisotopic (exact) mass is 230 g/mol. The van der Waals surface area contributed by atoms with Crippen molar-refractivity contribution >= 4 is 11.7 Å². The van der Waals surface area contributed by atoms with Crippen LogP contribution in [0, 0.1) is 5.92 Å². The molecule has 0 spiro atoms. The fourth-order valence-electron chi connectivity index (χ4n) is 1.30. The molecule has 0 rings (SSSR count). The lowest BCUT2D eigenvalue weighted by Crippen LogP contribution is -2.41. The molecule has 0 aliphatic rings. The first-order valence-corrected chi connectivity index (χ1v) is 5.42. The average Bonchev–Trinajstić information content (AvgIpc) is 2.24. The molecule has 0 aromatic heterocycles. The molecule has 0 fully saturated rings. The van der Waals surface area contributed by atoms with Gasteiger partial charge in [0.1, 0.15) is 0 Å². The van der Waals surface area contributed by atoms with Crippen molar-refractivity contribution in [2.75, 3.05) is 27.2 Å². The van der Waals surface area contributed by atoms with Gasteiger partial charge in [-0.05, 0) is 20.5 Å². The second kappa shape index (κ2) is 7.92. The van der Waals surface area contributed by atoms with Crippen LogP contribution in [0.4, 0.5) is 0 Å². The van der Waals surface area contributed by atoms with Crippen LogP contribution in [-0.4, -0.2) is 49.0 Å². The zero-order valence-electron chi connectivity index (χ0n) is 10.2. The number of amides is 1. The van der Waals surface area contributed by atoms with Gasteiger partial charge in [-0.3, -0.25) is 4.79 Å². The van der Waals surface area contributed by atoms with Gasteiger partial charge >= 0.3 is 0 Å². The van der Waals surface area contributed by atoms with Crippen LogP contribution >= 0.6 is 0 Å². The number of oxime groups is 1. The van der Waals surface area contributed by atoms with Gasteiger partial charge in [-0.25, -0.2) is 0 Å². The highest BCUT2D eigenvalue weighted by Gasteiger charge is 2.21. The molecule has 0 aliphatic heterocycles. The molecule has 0 aromatic carbocycles. The van der Waals surface area contributed by atoms with Crippen LogP contribution in [-0.2, 0) is 4.79 Å². The Bertz CT molecular complexity index is 241. The minimum atomic E-state index is -0.530. The molecule has 0 bridgehead atoms. The van der Waals surface area contributed by atoms with E-state index in [0.29, 0.717) is 13.0 Å². The van der Waals surface area contributed by atoms with Gasteiger partial charge in [-0.1, -0.05) is 18.5 Å². The van der Waals surface area contributed by atoms with Gasteiger partial charge in [-0.2, -0.15) is 0 Å². The number of nitrogens with one attached hydrogen (secondary N) is 1. The molecule has 0 radical (unpaired) electrons. The summed E-state index contributed by atoms with van der Waals surface area (Å²) in [6.07, 6.45) is 1.39. The first kappa shape index (κ1) is 14.7. The molecular weight excluding hydrogens is 208 g/mol. The number of nitrogens with two attached hydrogens (primary N) is 1. The van der Waals surface area contributed by atoms with Crippen molar-refractivity contribution in [2.45, 2.75) is 19.8 Å². The van der Waals surface area contributed by atoms with Crippen LogP contribution in [0.15, 0.2) is 5.16 Å². The molecule has 6 nitrogen and oxygen atoms in total. The summed E-state index contributed by atoms with van der Waals surface area (Å²) in [5.41, 5.74) is 5.46. The van der Waals surface area contributed by atoms with Crippen molar-refractivity contribution in [3.63, 3.8) is 0 Å². The highest BCUT2D eigenvalue weighted by Crippen LogP contribution is 2.06. The maximum absolute atomic E-state index is 11.7. The van der Waals surface area contributed by atoms with E-state index in [-0.39, 0.29) is 11.7 Å². The van der Waals surface area contributed by atoms with E-state index in [4.69, 9.17) is 10.9 Å². The van der Waals surface area contributed by atoms with Crippen molar-refractivity contribution in [1.82, 2.24) is 10.2 Å². The summed E-state index contributed by atoms with van der Waals surface area (Å²) in [4.78, 5) is 13.7. The Hall–Kier alpha value is -1.30. The Morgan fingerprint density at radius 1 is 1.56 bits per heavy atom. The van der Waals surface area contributed by atoms with Crippen molar-refractivity contribution in [3.8, 4) is 0 Å². The molecule has 16 heavy (non-hydrogen) atoms. The van der Waals surface area contributed by atoms with Crippen molar-refractivity contribution in [1.29, 1.82) is 0 Å². The summed E-state index contributed by atoms with van der Waals surface area (Å²) in [7, 11) is 3.86. The Kier molecular flexibility index (Phi) is 7.28. The molecular formula is C10H22N4O2. The van der Waals surface area contributed by atoms with Gasteiger partial charge in [-0.15, -0.1) is 0 Å². The molecule has 6 heteroatoms. The predicted octanol–water partition coefficient (Wildman–Crippen LogP) is -0.173. The highest BCUT2D eigenvalue weighted by molar-refractivity contribution is 6.01. The van der Waals surface area contributed by atoms with E-state index in [1.54, 1.807) is 0 Å². The first-order valence-electron chi connectivity index (χ1n) is 5.42. The quantitative estimate of drug-likeness (QED) is 0.245. The largest absolute Gasteiger partial charge is 0.409 e. The zero-order chi connectivity index (χ0) is 12.6. The summed E-state index contributed by atoms with van der Waals surface area (Å²) >= 11 is 0. The maximum atomic E-state index is 11.7. The topological polar surface area (TPSA) is 91.0 Å². The number of hydrogen-bond donors (Lipinski definition) is 3. The van der Waals surface area contributed by atoms with Crippen LogP contribution in [0.1, 0.15) is 19.8 Å². The number of carbonyl (C=O) groups excluding carboxylic acids is 1. The first-order chi connectivity index (χ1) is 7.52. The van der Waals surface area contributed by atoms with Gasteiger partial charge in [0.25, 0.3) is 0 Å². The molecule has 1 unspecified atom stereocenters. The minimum Gasteiger partial charge on any atom is -0.409 e. The number of likely N-dealkylation sites (N-methyl/N-ethyl adjacent to an activating group) is 1. The minimum absolute atomic E-state index is 0.0239. The Balaban J connectivity index is 4.18. The van der Waals surface area contributed by atoms with Crippen LogP contribution in [0.5, 0.6) is 0 Å². The predicted molar refractivity (Wildman–Crippen MR) is 63.4 cm³/mol. The van der Waals surface area contributed by atoms with Crippen LogP contribution in [0.3, 0.4) is 0 Å². The number of hydrogen-bond acceptors (Lipinski definition) is 4. The Morgan fingerprint density at radius 2 is 2.19 bits per heavy atom. The van der Waals surface area contributed by atoms with Crippen molar-refractivity contribution in [3.05, 3.63) is 0 Å². The number of rotatable bonds is 7. The normalized spacial score (nSPS) is 13.9. The molecule has 4 N–H and O–H groups in total. The Morgan fingerprint density at radius 3 is 2.62 bits per heavy atom. The van der Waals surface area contributed by atoms with Gasteiger partial charge in [0.2, 0.25) is 5.91 Å². The summed E-state index contributed by atoms with van der Waals surface area (Å²) in [6, 6.07) is 0. The van der Waals surface area contributed by atoms with E-state index in [1.165, 1.54) is 0 Å². The number of carbonyl (C=O) groups is 1. The Labute approximate surface area is 96.5 Å². The SMILES string of the molecule is CCCC(C(=O)NCCN(C)C)C(N)=NO. The summed E-state index contributed by atoms with van der Waals surface area (Å²) in [5, 5.41) is 14.2. The standard InChI is InChI=1S/C10H22N4O2/c1-4-5-8(9(11)13-16)10(15)12-6-7-14(2)3/h8,16H,4-7H2,1-3H3,(H2,11,13)(H,12,15). The second-order valence-corrected chi connectivity index (χ2v) is 3.96. The molecule has 0 saturated carbocycles. The molecule has 1 amide bonds. The van der Waals surface area contributed by atoms with Crippen LogP contribution < -0.4 is 11.1 Å². The third-order valence-electron chi connectivity index (χ3n) is 2.22. The van der Waals surface area contributed by atoms with E-state index in [2.05, 4.69) is 10.5 Å². The third-order valence-corrected chi connectivity index (χ3v) is 2.22. The molecule has 0 aromatic rings. The van der Waals surface area contributed by atoms with Crippen LogP contribution in [0.2, 0.25) is 0 Å². The fraction of sp³-hybridized carbons (Fsp3) is 0.800. The van der Waals surface area contributed by atoms with Gasteiger partial charge in [0, 0.05) is 13.1 Å². The maximum Gasteiger partial charge on any atom is 0.230 e. The average molecular weight is 230 g/mol. The fourth-order valence-corrected chi connectivity index (χ4v) is 1.30. The number of amidine groups is 1. The van der Waals surface area contributed by atoms with E-state index >= 15 is 0 Å². The second-order valence-electron chi connectivity index (χ2n) is 3.96. The van der Waals surface area contributed by atoms with E-state index in [1.807, 2.05) is 25.9 Å². The van der Waals surface area contributed by atoms with Crippen molar-refractivity contribution < 1.29 is 10.0 Å². The van der Waals surface area contributed by atoms with Crippen molar-refractivity contribution in [2.24, 2.45) is 16.8 Å². The molecule has 0 heterocycles. The van der Waals surface area contributed by atoms with E-state index in [9.17, 15) is 4.79 Å². The van der Waals surface area contributed by atoms with Gasteiger partial charge in [0.05, 0.1) is 5.92 Å².